The molecule has 0 fully saturated rings. The van der Waals surface area contributed by atoms with Gasteiger partial charge in [0, 0.05) is 11.1 Å². The highest BCUT2D eigenvalue weighted by Crippen LogP contribution is 2.39. The zero-order valence-corrected chi connectivity index (χ0v) is 12.6. The standard InChI is InChI=1S/C17H18N2O3/c1-22-16(21)10-18-14-8-4-6-12-11-5-2-3-7-13(11)19(17(12)14)9-15(18)20/h4,6,8H,2-3,5,7,9-10H2,1H3. The summed E-state index contributed by atoms with van der Waals surface area (Å²) in [5.41, 5.74) is 4.61. The van der Waals surface area contributed by atoms with Gasteiger partial charge in [0.2, 0.25) is 5.91 Å². The van der Waals surface area contributed by atoms with Crippen molar-refractivity contribution in [2.75, 3.05) is 18.6 Å². The second kappa shape index (κ2) is 4.87. The highest BCUT2D eigenvalue weighted by molar-refractivity contribution is 6.09. The Balaban J connectivity index is 1.93. The highest BCUT2D eigenvalue weighted by atomic mass is 16.5. The summed E-state index contributed by atoms with van der Waals surface area (Å²) in [6, 6.07) is 6.02. The minimum absolute atomic E-state index is 0.0235. The summed E-state index contributed by atoms with van der Waals surface area (Å²) in [4.78, 5) is 25.7. The molecule has 1 aliphatic carbocycles. The van der Waals surface area contributed by atoms with Gasteiger partial charge in [-0.05, 0) is 37.3 Å². The SMILES string of the molecule is COC(=O)CN1C(=O)Cn2c3c(c4cccc1c42)CCCC3. The number of anilines is 1. The Hall–Kier alpha value is -2.30. The molecule has 0 bridgehead atoms. The van der Waals surface area contributed by atoms with E-state index >= 15 is 0 Å². The molecule has 1 aromatic heterocycles. The smallest absolute Gasteiger partial charge is 0.325 e. The van der Waals surface area contributed by atoms with Crippen LogP contribution in [0.15, 0.2) is 18.2 Å². The Bertz CT molecular complexity index is 791. The molecule has 0 N–H and O–H groups in total. The lowest BCUT2D eigenvalue weighted by molar-refractivity contribution is -0.140. The van der Waals surface area contributed by atoms with Crippen LogP contribution in [-0.4, -0.2) is 30.1 Å². The van der Waals surface area contributed by atoms with E-state index < -0.39 is 5.97 Å². The molecule has 0 radical (unpaired) electrons. The van der Waals surface area contributed by atoms with E-state index in [1.165, 1.54) is 36.6 Å². The third-order valence-electron chi connectivity index (χ3n) is 4.77. The molecule has 2 heterocycles. The Kier molecular flexibility index (Phi) is 2.96. The van der Waals surface area contributed by atoms with Gasteiger partial charge < -0.3 is 9.30 Å². The lowest BCUT2D eigenvalue weighted by Crippen LogP contribution is -2.41. The topological polar surface area (TPSA) is 51.5 Å². The van der Waals surface area contributed by atoms with Crippen molar-refractivity contribution in [1.82, 2.24) is 4.57 Å². The predicted octanol–water partition coefficient (Wildman–Crippen LogP) is 2.04. The van der Waals surface area contributed by atoms with Gasteiger partial charge in [-0.25, -0.2) is 0 Å². The van der Waals surface area contributed by atoms with E-state index in [0.29, 0.717) is 6.54 Å². The number of nitrogens with zero attached hydrogens (tertiary/aromatic N) is 2. The molecule has 0 saturated carbocycles. The lowest BCUT2D eigenvalue weighted by atomic mass is 9.95. The number of rotatable bonds is 2. The number of methoxy groups -OCH3 is 1. The molecule has 22 heavy (non-hydrogen) atoms. The lowest BCUT2D eigenvalue weighted by Gasteiger charge is -2.28. The van der Waals surface area contributed by atoms with Crippen LogP contribution in [-0.2, 0) is 33.7 Å². The summed E-state index contributed by atoms with van der Waals surface area (Å²) in [5, 5.41) is 1.23. The van der Waals surface area contributed by atoms with Crippen LogP contribution in [0.4, 0.5) is 5.69 Å². The van der Waals surface area contributed by atoms with Crippen molar-refractivity contribution in [2.24, 2.45) is 0 Å². The zero-order chi connectivity index (χ0) is 15.3. The molecular formula is C17H18N2O3. The molecule has 0 spiro atoms. The molecule has 1 aliphatic heterocycles. The van der Waals surface area contributed by atoms with E-state index in [0.717, 1.165) is 24.0 Å². The van der Waals surface area contributed by atoms with Crippen LogP contribution in [0.2, 0.25) is 0 Å². The Morgan fingerprint density at radius 3 is 2.91 bits per heavy atom. The third kappa shape index (κ3) is 1.78. The highest BCUT2D eigenvalue weighted by Gasteiger charge is 2.31. The average molecular weight is 298 g/mol. The fourth-order valence-corrected chi connectivity index (χ4v) is 3.79. The number of aryl methyl sites for hydroxylation is 1. The zero-order valence-electron chi connectivity index (χ0n) is 12.6. The Morgan fingerprint density at radius 1 is 1.27 bits per heavy atom. The van der Waals surface area contributed by atoms with Crippen molar-refractivity contribution in [3.63, 3.8) is 0 Å². The molecule has 0 unspecified atom stereocenters. The van der Waals surface area contributed by atoms with E-state index in [4.69, 9.17) is 4.74 Å². The monoisotopic (exact) mass is 298 g/mol. The second-order valence-corrected chi connectivity index (χ2v) is 5.95. The first kappa shape index (κ1) is 13.4. The van der Waals surface area contributed by atoms with Crippen LogP contribution in [0.3, 0.4) is 0 Å². The minimum atomic E-state index is -0.393. The fraction of sp³-hybridized carbons (Fsp3) is 0.412. The fourth-order valence-electron chi connectivity index (χ4n) is 3.79. The van der Waals surface area contributed by atoms with Gasteiger partial charge in [-0.3, -0.25) is 14.5 Å². The number of para-hydroxylation sites is 1. The first-order chi connectivity index (χ1) is 10.7. The Morgan fingerprint density at radius 2 is 2.09 bits per heavy atom. The number of ether oxygens (including phenoxy) is 1. The molecule has 0 saturated heterocycles. The van der Waals surface area contributed by atoms with Gasteiger partial charge >= 0.3 is 5.97 Å². The van der Waals surface area contributed by atoms with Crippen LogP contribution >= 0.6 is 0 Å². The Labute approximate surface area is 128 Å². The maximum atomic E-state index is 12.5. The number of carbonyl (C=O) groups excluding carboxylic acids is 2. The molecule has 0 atom stereocenters. The van der Waals surface area contributed by atoms with Crippen LogP contribution in [0.25, 0.3) is 10.9 Å². The molecule has 1 amide bonds. The van der Waals surface area contributed by atoms with Crippen molar-refractivity contribution in [1.29, 1.82) is 0 Å². The summed E-state index contributed by atoms with van der Waals surface area (Å²) < 4.78 is 6.89. The number of aromatic nitrogens is 1. The van der Waals surface area contributed by atoms with Gasteiger partial charge in [-0.15, -0.1) is 0 Å². The van der Waals surface area contributed by atoms with Crippen LogP contribution in [0, 0.1) is 0 Å². The van der Waals surface area contributed by atoms with Crippen LogP contribution in [0.1, 0.15) is 24.1 Å². The van der Waals surface area contributed by atoms with Crippen molar-refractivity contribution in [3.8, 4) is 0 Å². The summed E-state index contributed by atoms with van der Waals surface area (Å²) in [6.07, 6.45) is 4.50. The van der Waals surface area contributed by atoms with Gasteiger partial charge in [0.05, 0.1) is 18.3 Å². The first-order valence-electron chi connectivity index (χ1n) is 7.71. The maximum Gasteiger partial charge on any atom is 0.325 e. The van der Waals surface area contributed by atoms with Gasteiger partial charge in [0.25, 0.3) is 0 Å². The van der Waals surface area contributed by atoms with Gasteiger partial charge in [-0.1, -0.05) is 12.1 Å². The normalized spacial score (nSPS) is 16.8. The van der Waals surface area contributed by atoms with Gasteiger partial charge in [-0.2, -0.15) is 0 Å². The maximum absolute atomic E-state index is 12.5. The van der Waals surface area contributed by atoms with Crippen molar-refractivity contribution in [2.45, 2.75) is 32.2 Å². The van der Waals surface area contributed by atoms with E-state index in [2.05, 4.69) is 10.6 Å². The number of benzene rings is 1. The molecule has 4 rings (SSSR count). The van der Waals surface area contributed by atoms with Crippen LogP contribution < -0.4 is 4.90 Å². The molecular weight excluding hydrogens is 280 g/mol. The minimum Gasteiger partial charge on any atom is -0.468 e. The summed E-state index contributed by atoms with van der Waals surface area (Å²) in [6.45, 7) is 0.296. The third-order valence-corrected chi connectivity index (χ3v) is 4.77. The van der Waals surface area contributed by atoms with E-state index in [1.54, 1.807) is 4.90 Å². The molecule has 5 heteroatoms. The predicted molar refractivity (Wildman–Crippen MR) is 82.9 cm³/mol. The number of esters is 1. The van der Waals surface area contributed by atoms with E-state index in [-0.39, 0.29) is 12.5 Å². The molecule has 114 valence electrons. The molecule has 5 nitrogen and oxygen atoms in total. The largest absolute Gasteiger partial charge is 0.468 e. The number of hydrogen-bond donors (Lipinski definition) is 0. The molecule has 2 aliphatic rings. The van der Waals surface area contributed by atoms with Crippen molar-refractivity contribution in [3.05, 3.63) is 29.5 Å². The number of fused-ring (bicyclic) bond motifs is 3. The summed E-state index contributed by atoms with van der Waals surface area (Å²) >= 11 is 0. The molecule has 2 aromatic rings. The number of amides is 1. The van der Waals surface area contributed by atoms with E-state index in [1.807, 2.05) is 12.1 Å². The van der Waals surface area contributed by atoms with Crippen molar-refractivity contribution < 1.29 is 14.3 Å². The average Bonchev–Trinajstić information content (AvgIpc) is 2.87. The quantitative estimate of drug-likeness (QED) is 0.797. The van der Waals surface area contributed by atoms with E-state index in [9.17, 15) is 9.59 Å². The number of hydrogen-bond acceptors (Lipinski definition) is 3. The molecule has 1 aromatic carbocycles. The van der Waals surface area contributed by atoms with Gasteiger partial charge in [0.15, 0.2) is 0 Å². The second-order valence-electron chi connectivity index (χ2n) is 5.95. The first-order valence-corrected chi connectivity index (χ1v) is 7.71. The van der Waals surface area contributed by atoms with Crippen LogP contribution in [0.5, 0.6) is 0 Å². The number of carbonyl (C=O) groups is 2. The van der Waals surface area contributed by atoms with Crippen molar-refractivity contribution >= 4 is 28.5 Å². The summed E-state index contributed by atoms with van der Waals surface area (Å²) in [5.74, 6) is -0.440. The summed E-state index contributed by atoms with van der Waals surface area (Å²) in [7, 11) is 1.35. The van der Waals surface area contributed by atoms with Gasteiger partial charge in [0.1, 0.15) is 13.1 Å².